The number of amides is 1. The van der Waals surface area contributed by atoms with E-state index in [0.717, 1.165) is 6.54 Å². The summed E-state index contributed by atoms with van der Waals surface area (Å²) in [5.74, 6) is -0.219. The highest BCUT2D eigenvalue weighted by Gasteiger charge is 2.20. The van der Waals surface area contributed by atoms with E-state index in [2.05, 4.69) is 10.6 Å². The molecule has 2 N–H and O–H groups in total. The van der Waals surface area contributed by atoms with E-state index < -0.39 is 6.10 Å². The van der Waals surface area contributed by atoms with Gasteiger partial charge in [0.05, 0.1) is 12.7 Å². The molecule has 1 atom stereocenters. The average Bonchev–Trinajstić information content (AvgIpc) is 2.15. The smallest absolute Gasteiger partial charge is 0.251 e. The van der Waals surface area contributed by atoms with Crippen LogP contribution >= 0.6 is 0 Å². The molecule has 1 rings (SSSR count). The lowest BCUT2D eigenvalue weighted by Crippen LogP contribution is -2.47. The number of carbonyl (C=O) groups excluding carboxylic acids is 1. The van der Waals surface area contributed by atoms with Gasteiger partial charge >= 0.3 is 0 Å². The van der Waals surface area contributed by atoms with E-state index in [0.29, 0.717) is 13.2 Å². The number of morpholine rings is 1. The van der Waals surface area contributed by atoms with Gasteiger partial charge in [-0.2, -0.15) is 5.26 Å². The molecule has 1 fully saturated rings. The van der Waals surface area contributed by atoms with Crippen molar-refractivity contribution in [3.05, 3.63) is 0 Å². The molecule has 12 heavy (non-hydrogen) atoms. The molecule has 1 amide bonds. The number of nitrogens with one attached hydrogen (secondary N) is 2. The zero-order chi connectivity index (χ0) is 8.81. The van der Waals surface area contributed by atoms with Crippen molar-refractivity contribution in [2.75, 3.05) is 26.2 Å². The Balaban J connectivity index is 2.26. The van der Waals surface area contributed by atoms with E-state index in [-0.39, 0.29) is 12.5 Å². The topological polar surface area (TPSA) is 74.2 Å². The van der Waals surface area contributed by atoms with Gasteiger partial charge in [0.2, 0.25) is 0 Å². The Labute approximate surface area is 70.7 Å². The fourth-order valence-corrected chi connectivity index (χ4v) is 0.974. The molecule has 0 bridgehead atoms. The molecule has 0 aromatic carbocycles. The molecule has 0 spiro atoms. The summed E-state index contributed by atoms with van der Waals surface area (Å²) in [6.07, 6.45) is -0.438. The molecule has 1 heterocycles. The lowest BCUT2D eigenvalue weighted by atomic mass is 10.3. The van der Waals surface area contributed by atoms with Gasteiger partial charge < -0.3 is 15.4 Å². The zero-order valence-corrected chi connectivity index (χ0v) is 6.67. The van der Waals surface area contributed by atoms with Crippen molar-refractivity contribution in [3.63, 3.8) is 0 Å². The van der Waals surface area contributed by atoms with Gasteiger partial charge in [0.25, 0.3) is 5.91 Å². The first-order valence-electron chi connectivity index (χ1n) is 3.81. The lowest BCUT2D eigenvalue weighted by molar-refractivity contribution is -0.133. The summed E-state index contributed by atoms with van der Waals surface area (Å²) in [4.78, 5) is 11.1. The minimum absolute atomic E-state index is 0.0404. The minimum atomic E-state index is -0.438. The molecule has 0 radical (unpaired) electrons. The molecular weight excluding hydrogens is 158 g/mol. The second-order valence-electron chi connectivity index (χ2n) is 2.44. The van der Waals surface area contributed by atoms with E-state index in [1.54, 1.807) is 0 Å². The molecule has 0 aromatic rings. The van der Waals surface area contributed by atoms with Gasteiger partial charge in [0, 0.05) is 13.1 Å². The number of hydrogen-bond acceptors (Lipinski definition) is 4. The Morgan fingerprint density at radius 3 is 3.25 bits per heavy atom. The fraction of sp³-hybridized carbons (Fsp3) is 0.714. The molecule has 0 aliphatic carbocycles. The second-order valence-corrected chi connectivity index (χ2v) is 2.44. The number of rotatable bonds is 2. The summed E-state index contributed by atoms with van der Waals surface area (Å²) < 4.78 is 5.15. The van der Waals surface area contributed by atoms with Gasteiger partial charge in [0.1, 0.15) is 12.6 Å². The number of hydrogen-bond donors (Lipinski definition) is 2. The summed E-state index contributed by atoms with van der Waals surface area (Å²) in [5.41, 5.74) is 0. The maximum Gasteiger partial charge on any atom is 0.251 e. The van der Waals surface area contributed by atoms with Crippen LogP contribution in [-0.2, 0) is 9.53 Å². The third-order valence-electron chi connectivity index (χ3n) is 1.56. The molecule has 1 saturated heterocycles. The molecular formula is C7H11N3O2. The predicted octanol–water partition coefficient (Wildman–Crippen LogP) is -1.39. The highest BCUT2D eigenvalue weighted by molar-refractivity contribution is 5.81. The molecule has 0 saturated carbocycles. The van der Waals surface area contributed by atoms with Crippen molar-refractivity contribution in [2.45, 2.75) is 6.10 Å². The van der Waals surface area contributed by atoms with Crippen molar-refractivity contribution in [3.8, 4) is 6.07 Å². The van der Waals surface area contributed by atoms with E-state index in [9.17, 15) is 4.79 Å². The van der Waals surface area contributed by atoms with E-state index >= 15 is 0 Å². The summed E-state index contributed by atoms with van der Waals surface area (Å²) in [6.45, 7) is 1.89. The largest absolute Gasteiger partial charge is 0.366 e. The zero-order valence-electron chi connectivity index (χ0n) is 6.67. The number of nitrogens with zero attached hydrogens (tertiary/aromatic N) is 1. The summed E-state index contributed by atoms with van der Waals surface area (Å²) >= 11 is 0. The highest BCUT2D eigenvalue weighted by atomic mass is 16.5. The van der Waals surface area contributed by atoms with Crippen molar-refractivity contribution < 1.29 is 9.53 Å². The maximum atomic E-state index is 11.1. The van der Waals surface area contributed by atoms with Crippen LogP contribution in [0.1, 0.15) is 0 Å². The third-order valence-corrected chi connectivity index (χ3v) is 1.56. The SMILES string of the molecule is N#CCNC(=O)C1CNCCO1. The Morgan fingerprint density at radius 1 is 1.83 bits per heavy atom. The molecule has 1 aliphatic heterocycles. The highest BCUT2D eigenvalue weighted by Crippen LogP contribution is 1.94. The van der Waals surface area contributed by atoms with Crippen molar-refractivity contribution in [1.29, 1.82) is 5.26 Å². The van der Waals surface area contributed by atoms with E-state index in [4.69, 9.17) is 10.00 Å². The fourth-order valence-electron chi connectivity index (χ4n) is 0.974. The Kier molecular flexibility index (Phi) is 3.51. The predicted molar refractivity (Wildman–Crippen MR) is 41.2 cm³/mol. The maximum absolute atomic E-state index is 11.1. The van der Waals surface area contributed by atoms with Crippen LogP contribution in [0.4, 0.5) is 0 Å². The first-order valence-corrected chi connectivity index (χ1v) is 3.81. The molecule has 66 valence electrons. The average molecular weight is 169 g/mol. The van der Waals surface area contributed by atoms with Crippen molar-refractivity contribution >= 4 is 5.91 Å². The molecule has 5 nitrogen and oxygen atoms in total. The van der Waals surface area contributed by atoms with Gasteiger partial charge in [-0.1, -0.05) is 0 Å². The van der Waals surface area contributed by atoms with Crippen molar-refractivity contribution in [2.24, 2.45) is 0 Å². The van der Waals surface area contributed by atoms with Gasteiger partial charge in [-0.05, 0) is 0 Å². The Morgan fingerprint density at radius 2 is 2.67 bits per heavy atom. The molecule has 0 aromatic heterocycles. The number of carbonyl (C=O) groups is 1. The summed E-state index contributed by atoms with van der Waals surface area (Å²) in [7, 11) is 0. The van der Waals surface area contributed by atoms with Crippen LogP contribution < -0.4 is 10.6 Å². The van der Waals surface area contributed by atoms with Gasteiger partial charge in [0.15, 0.2) is 0 Å². The molecule has 1 aliphatic rings. The third kappa shape index (κ3) is 2.49. The molecule has 5 heteroatoms. The standard InChI is InChI=1S/C7H11N3O2/c8-1-2-10-7(11)6-5-9-3-4-12-6/h6,9H,2-5H2,(H,10,11). The Bertz CT molecular complexity index is 193. The minimum Gasteiger partial charge on any atom is -0.366 e. The quantitative estimate of drug-likeness (QED) is 0.499. The first kappa shape index (κ1) is 8.97. The normalized spacial score (nSPS) is 22.8. The van der Waals surface area contributed by atoms with E-state index in [1.807, 2.05) is 6.07 Å². The van der Waals surface area contributed by atoms with Crippen LogP contribution in [0, 0.1) is 11.3 Å². The van der Waals surface area contributed by atoms with E-state index in [1.165, 1.54) is 0 Å². The van der Waals surface area contributed by atoms with Gasteiger partial charge in [-0.25, -0.2) is 0 Å². The van der Waals surface area contributed by atoms with Crippen LogP contribution in [0.3, 0.4) is 0 Å². The lowest BCUT2D eigenvalue weighted by Gasteiger charge is -2.21. The van der Waals surface area contributed by atoms with Crippen LogP contribution in [-0.4, -0.2) is 38.3 Å². The second kappa shape index (κ2) is 4.70. The molecule has 1 unspecified atom stereocenters. The number of nitriles is 1. The summed E-state index contributed by atoms with van der Waals surface area (Å²) in [6, 6.07) is 1.83. The number of ether oxygens (including phenoxy) is 1. The first-order chi connectivity index (χ1) is 5.84. The van der Waals surface area contributed by atoms with Crippen LogP contribution in [0.15, 0.2) is 0 Å². The van der Waals surface area contributed by atoms with Crippen LogP contribution in [0.25, 0.3) is 0 Å². The van der Waals surface area contributed by atoms with Gasteiger partial charge in [-0.3, -0.25) is 4.79 Å². The van der Waals surface area contributed by atoms with Crippen LogP contribution in [0.2, 0.25) is 0 Å². The Hall–Kier alpha value is -1.12. The van der Waals surface area contributed by atoms with Crippen molar-refractivity contribution in [1.82, 2.24) is 10.6 Å². The monoisotopic (exact) mass is 169 g/mol. The van der Waals surface area contributed by atoms with Gasteiger partial charge in [-0.15, -0.1) is 0 Å². The summed E-state index contributed by atoms with van der Waals surface area (Å²) in [5, 5.41) is 13.7. The van der Waals surface area contributed by atoms with Crippen LogP contribution in [0.5, 0.6) is 0 Å².